The Kier molecular flexibility index (Phi) is 7.04. The molecule has 3 fully saturated rings. The van der Waals surface area contributed by atoms with Gasteiger partial charge in [-0.25, -0.2) is 0 Å². The van der Waals surface area contributed by atoms with E-state index in [-0.39, 0.29) is 5.75 Å². The fourth-order valence-electron chi connectivity index (χ4n) is 3.59. The quantitative estimate of drug-likeness (QED) is 0.194. The highest BCUT2D eigenvalue weighted by molar-refractivity contribution is 8.01. The van der Waals surface area contributed by atoms with Crippen LogP contribution in [-0.2, 0) is 19.0 Å². The second kappa shape index (κ2) is 8.86. The molecule has 3 aliphatic heterocycles. The van der Waals surface area contributed by atoms with Crippen molar-refractivity contribution in [2.75, 3.05) is 19.0 Å². The molecule has 0 aromatic heterocycles. The number of hydrogen-bond acceptors (Lipinski definition) is 13. The fraction of sp³-hybridized carbons (Fsp3) is 0.933. The van der Waals surface area contributed by atoms with Crippen LogP contribution in [0, 0.1) is 0 Å². The first-order valence-corrected chi connectivity index (χ1v) is 9.87. The lowest BCUT2D eigenvalue weighted by Crippen LogP contribution is -2.72. The SMILES string of the molecule is O=C(O)[C@H]1CS[C@@]2(N1)[C@@H](O)[C@H](O[C@H]1O[C@H](CO)[C@@H](O)[C@H](O)[C@@H]1O)O[C@H](CO)[C@@H]2O. The van der Waals surface area contributed by atoms with E-state index in [1.165, 1.54) is 0 Å². The molecule has 13 nitrogen and oxygen atoms in total. The minimum absolute atomic E-state index is 0.00830. The molecule has 14 heteroatoms. The minimum Gasteiger partial charge on any atom is -0.480 e. The molecule has 0 aromatic carbocycles. The molecule has 3 aliphatic rings. The second-order valence-electron chi connectivity index (χ2n) is 7.09. The number of thioether (sulfide) groups is 1. The highest BCUT2D eigenvalue weighted by Crippen LogP contribution is 2.44. The van der Waals surface area contributed by atoms with Crippen molar-refractivity contribution in [1.82, 2.24) is 5.32 Å². The number of carbonyl (C=O) groups is 1. The van der Waals surface area contributed by atoms with Gasteiger partial charge in [-0.15, -0.1) is 11.8 Å². The van der Waals surface area contributed by atoms with Crippen molar-refractivity contribution < 1.29 is 59.9 Å². The maximum atomic E-state index is 11.3. The van der Waals surface area contributed by atoms with Crippen LogP contribution >= 0.6 is 11.8 Å². The standard InChI is InChI=1S/C15H25NO12S/c17-1-5-7(19)8(20)9(21)13(26-5)28-14-11(23)15(10(22)6(2-18)27-14)16-4(3-29-15)12(24)25/h4-11,13-14,16-23H,1-3H2,(H,24,25)/t4-,5-,6-,7-,8+,9+,10+,11+,13-,14+,15-/m1/s1. The number of hydrogen-bond donors (Lipinski definition) is 9. The Balaban J connectivity index is 1.81. The molecule has 1 spiro atoms. The zero-order valence-electron chi connectivity index (χ0n) is 15.0. The first-order chi connectivity index (χ1) is 13.7. The van der Waals surface area contributed by atoms with Crippen molar-refractivity contribution in [2.24, 2.45) is 0 Å². The highest BCUT2D eigenvalue weighted by atomic mass is 32.2. The van der Waals surface area contributed by atoms with Gasteiger partial charge in [-0.1, -0.05) is 0 Å². The second-order valence-corrected chi connectivity index (χ2v) is 8.39. The van der Waals surface area contributed by atoms with Crippen molar-refractivity contribution >= 4 is 17.7 Å². The van der Waals surface area contributed by atoms with Crippen LogP contribution in [0.4, 0.5) is 0 Å². The average molecular weight is 443 g/mol. The van der Waals surface area contributed by atoms with Gasteiger partial charge in [0, 0.05) is 5.75 Å². The van der Waals surface area contributed by atoms with Crippen LogP contribution in [0.2, 0.25) is 0 Å². The van der Waals surface area contributed by atoms with Crippen molar-refractivity contribution in [1.29, 1.82) is 0 Å². The van der Waals surface area contributed by atoms with Crippen LogP contribution in [0.3, 0.4) is 0 Å². The summed E-state index contributed by atoms with van der Waals surface area (Å²) >= 11 is 0.914. The summed E-state index contributed by atoms with van der Waals surface area (Å²) < 4.78 is 16.0. The molecule has 0 radical (unpaired) electrons. The van der Waals surface area contributed by atoms with Gasteiger partial charge in [-0.3, -0.25) is 10.1 Å². The topological polar surface area (TPSA) is 219 Å². The summed E-state index contributed by atoms with van der Waals surface area (Å²) in [4.78, 5) is 9.63. The number of carboxylic acids is 1. The predicted molar refractivity (Wildman–Crippen MR) is 92.4 cm³/mol. The molecule has 0 aromatic rings. The van der Waals surface area contributed by atoms with Gasteiger partial charge in [-0.2, -0.15) is 0 Å². The van der Waals surface area contributed by atoms with Crippen LogP contribution in [0.15, 0.2) is 0 Å². The van der Waals surface area contributed by atoms with Gasteiger partial charge in [0.15, 0.2) is 12.6 Å². The van der Waals surface area contributed by atoms with E-state index in [0.717, 1.165) is 11.8 Å². The first kappa shape index (κ1) is 23.1. The van der Waals surface area contributed by atoms with Crippen molar-refractivity contribution in [3.8, 4) is 0 Å². The molecular weight excluding hydrogens is 418 g/mol. The first-order valence-electron chi connectivity index (χ1n) is 8.89. The molecule has 3 heterocycles. The smallest absolute Gasteiger partial charge is 0.321 e. The van der Waals surface area contributed by atoms with Gasteiger partial charge in [0.25, 0.3) is 0 Å². The average Bonchev–Trinajstić information content (AvgIpc) is 3.15. The lowest BCUT2D eigenvalue weighted by molar-refractivity contribution is -0.371. The Labute approximate surface area is 168 Å². The zero-order chi connectivity index (χ0) is 21.5. The highest BCUT2D eigenvalue weighted by Gasteiger charge is 2.61. The monoisotopic (exact) mass is 443 g/mol. The molecule has 0 amide bonds. The number of ether oxygens (including phenoxy) is 3. The molecule has 3 saturated heterocycles. The molecule has 0 unspecified atom stereocenters. The Hall–Kier alpha value is -0.620. The third-order valence-electron chi connectivity index (χ3n) is 5.28. The summed E-state index contributed by atoms with van der Waals surface area (Å²) in [5, 5.41) is 81.8. The van der Waals surface area contributed by atoms with E-state index in [9.17, 15) is 45.6 Å². The summed E-state index contributed by atoms with van der Waals surface area (Å²) in [6.45, 7) is -1.39. The maximum absolute atomic E-state index is 11.3. The molecule has 11 atom stereocenters. The number of aliphatic carboxylic acids is 1. The van der Waals surface area contributed by atoms with Gasteiger partial charge in [0.2, 0.25) is 0 Å². The molecule has 168 valence electrons. The number of nitrogens with one attached hydrogen (secondary N) is 1. The predicted octanol–water partition coefficient (Wildman–Crippen LogP) is -5.27. The van der Waals surface area contributed by atoms with E-state index in [1.807, 2.05) is 0 Å². The van der Waals surface area contributed by atoms with E-state index in [2.05, 4.69) is 5.32 Å². The number of carboxylic acid groups (broad SMARTS) is 1. The van der Waals surface area contributed by atoms with Crippen molar-refractivity contribution in [3.05, 3.63) is 0 Å². The Morgan fingerprint density at radius 3 is 2.14 bits per heavy atom. The number of rotatable bonds is 5. The molecule has 0 aliphatic carbocycles. The minimum atomic E-state index is -1.77. The summed E-state index contributed by atoms with van der Waals surface area (Å²) in [6.07, 6.45) is -14.1. The molecule has 0 saturated carbocycles. The Morgan fingerprint density at radius 2 is 1.59 bits per heavy atom. The summed E-state index contributed by atoms with van der Waals surface area (Å²) in [5.41, 5.74) is 0. The van der Waals surface area contributed by atoms with Gasteiger partial charge in [-0.05, 0) is 0 Å². The van der Waals surface area contributed by atoms with Crippen LogP contribution in [0.1, 0.15) is 0 Å². The van der Waals surface area contributed by atoms with Crippen LogP contribution in [0.25, 0.3) is 0 Å². The summed E-state index contributed by atoms with van der Waals surface area (Å²) in [7, 11) is 0. The molecule has 0 bridgehead atoms. The lowest BCUT2D eigenvalue weighted by atomic mass is 9.94. The van der Waals surface area contributed by atoms with Gasteiger partial charge < -0.3 is 55.1 Å². The van der Waals surface area contributed by atoms with Crippen LogP contribution < -0.4 is 5.32 Å². The zero-order valence-corrected chi connectivity index (χ0v) is 15.8. The van der Waals surface area contributed by atoms with E-state index in [1.54, 1.807) is 0 Å². The van der Waals surface area contributed by atoms with E-state index < -0.39 is 85.4 Å². The van der Waals surface area contributed by atoms with Gasteiger partial charge >= 0.3 is 5.97 Å². The third kappa shape index (κ3) is 4.00. The van der Waals surface area contributed by atoms with Crippen molar-refractivity contribution in [3.63, 3.8) is 0 Å². The molecule has 9 N–H and O–H groups in total. The summed E-state index contributed by atoms with van der Waals surface area (Å²) in [6, 6.07) is -1.09. The third-order valence-corrected chi connectivity index (χ3v) is 6.86. The molecule has 29 heavy (non-hydrogen) atoms. The fourth-order valence-corrected chi connectivity index (χ4v) is 5.09. The normalized spacial score (nSPS) is 50.7. The number of aliphatic hydroxyl groups is 7. The lowest BCUT2D eigenvalue weighted by Gasteiger charge is -2.50. The molecule has 3 rings (SSSR count). The Morgan fingerprint density at radius 1 is 0.966 bits per heavy atom. The maximum Gasteiger partial charge on any atom is 0.321 e. The molecular formula is C15H25NO12S. The number of aliphatic hydroxyl groups excluding tert-OH is 7. The van der Waals surface area contributed by atoms with E-state index in [0.29, 0.717) is 0 Å². The van der Waals surface area contributed by atoms with Crippen molar-refractivity contribution in [2.45, 2.75) is 66.2 Å². The van der Waals surface area contributed by atoms with Crippen LogP contribution in [-0.4, -0.2) is 132 Å². The summed E-state index contributed by atoms with van der Waals surface area (Å²) in [5.74, 6) is -1.19. The van der Waals surface area contributed by atoms with Gasteiger partial charge in [0.05, 0.1) is 13.2 Å². The van der Waals surface area contributed by atoms with E-state index >= 15 is 0 Å². The van der Waals surface area contributed by atoms with Gasteiger partial charge in [0.1, 0.15) is 53.6 Å². The van der Waals surface area contributed by atoms with Crippen LogP contribution in [0.5, 0.6) is 0 Å². The Bertz CT molecular complexity index is 598. The van der Waals surface area contributed by atoms with E-state index in [4.69, 9.17) is 14.2 Å². The largest absolute Gasteiger partial charge is 0.480 e.